The molecule has 0 aliphatic carbocycles. The van der Waals surface area contributed by atoms with Gasteiger partial charge in [0.2, 0.25) is 0 Å². The Morgan fingerprint density at radius 1 is 0.941 bits per heavy atom. The predicted octanol–water partition coefficient (Wildman–Crippen LogP) is 7.26. The number of carbonyl (C=O) groups excluding carboxylic acids is 1. The number of halogens is 2. The molecule has 3 rings (SSSR count). The SMILES string of the molecule is CCOC(=O)[C@H](Cc1ccc(OC/C=C/c2ccc(-c3cccc(Cl)c3Cl)cc2)cc1)OCC. The van der Waals surface area contributed by atoms with Gasteiger partial charge in [-0.3, -0.25) is 0 Å². The maximum Gasteiger partial charge on any atom is 0.335 e. The topological polar surface area (TPSA) is 44.8 Å². The minimum Gasteiger partial charge on any atom is -0.490 e. The van der Waals surface area contributed by atoms with Gasteiger partial charge < -0.3 is 14.2 Å². The Hall–Kier alpha value is -2.79. The fourth-order valence-electron chi connectivity index (χ4n) is 3.41. The lowest BCUT2D eigenvalue weighted by Gasteiger charge is -2.15. The first-order chi connectivity index (χ1) is 16.5. The van der Waals surface area contributed by atoms with E-state index < -0.39 is 6.10 Å². The quantitative estimate of drug-likeness (QED) is 0.261. The molecule has 0 saturated heterocycles. The van der Waals surface area contributed by atoms with Gasteiger partial charge in [-0.1, -0.05) is 77.8 Å². The maximum atomic E-state index is 12.0. The third kappa shape index (κ3) is 7.36. The summed E-state index contributed by atoms with van der Waals surface area (Å²) in [6.45, 7) is 4.87. The molecule has 0 aliphatic heterocycles. The Labute approximate surface area is 211 Å². The molecule has 0 amide bonds. The van der Waals surface area contributed by atoms with Gasteiger partial charge in [-0.25, -0.2) is 4.79 Å². The Bertz CT molecular complexity index is 1090. The van der Waals surface area contributed by atoms with Crippen LogP contribution < -0.4 is 4.74 Å². The fraction of sp³-hybridized carbons (Fsp3) is 0.250. The van der Waals surface area contributed by atoms with E-state index in [0.717, 1.165) is 28.0 Å². The molecule has 4 nitrogen and oxygen atoms in total. The van der Waals surface area contributed by atoms with Crippen molar-refractivity contribution in [3.05, 3.63) is 94.0 Å². The monoisotopic (exact) mass is 498 g/mol. The van der Waals surface area contributed by atoms with Crippen LogP contribution in [0.3, 0.4) is 0 Å². The van der Waals surface area contributed by atoms with Crippen LogP contribution in [0.4, 0.5) is 0 Å². The van der Waals surface area contributed by atoms with Crippen LogP contribution in [0.25, 0.3) is 17.2 Å². The van der Waals surface area contributed by atoms with E-state index >= 15 is 0 Å². The largest absolute Gasteiger partial charge is 0.490 e. The summed E-state index contributed by atoms with van der Waals surface area (Å²) in [7, 11) is 0. The van der Waals surface area contributed by atoms with Crippen molar-refractivity contribution in [1.29, 1.82) is 0 Å². The summed E-state index contributed by atoms with van der Waals surface area (Å²) in [5.41, 5.74) is 3.96. The minimum absolute atomic E-state index is 0.335. The van der Waals surface area contributed by atoms with Crippen molar-refractivity contribution in [2.45, 2.75) is 26.4 Å². The molecule has 1 atom stereocenters. The second kappa shape index (κ2) is 13.2. The molecule has 0 aliphatic rings. The average molecular weight is 499 g/mol. The lowest BCUT2D eigenvalue weighted by molar-refractivity contribution is -0.156. The first-order valence-corrected chi connectivity index (χ1v) is 12.0. The van der Waals surface area contributed by atoms with Crippen LogP contribution in [0.5, 0.6) is 5.75 Å². The Morgan fingerprint density at radius 3 is 2.35 bits per heavy atom. The Balaban J connectivity index is 1.51. The predicted molar refractivity (Wildman–Crippen MR) is 139 cm³/mol. The number of esters is 1. The summed E-state index contributed by atoms with van der Waals surface area (Å²) < 4.78 is 16.4. The third-order valence-corrected chi connectivity index (χ3v) is 5.91. The number of hydrogen-bond donors (Lipinski definition) is 0. The fourth-order valence-corrected chi connectivity index (χ4v) is 3.82. The van der Waals surface area contributed by atoms with Gasteiger partial charge in [-0.15, -0.1) is 0 Å². The van der Waals surface area contributed by atoms with E-state index in [9.17, 15) is 4.79 Å². The highest BCUT2D eigenvalue weighted by atomic mass is 35.5. The molecule has 0 N–H and O–H groups in total. The third-order valence-electron chi connectivity index (χ3n) is 5.09. The van der Waals surface area contributed by atoms with Crippen LogP contribution in [0, 0.1) is 0 Å². The van der Waals surface area contributed by atoms with Crippen LogP contribution in [-0.2, 0) is 20.7 Å². The van der Waals surface area contributed by atoms with E-state index in [1.807, 2.05) is 79.7 Å². The minimum atomic E-state index is -0.596. The summed E-state index contributed by atoms with van der Waals surface area (Å²) in [6.07, 6.45) is 3.83. The van der Waals surface area contributed by atoms with Gasteiger partial charge in [0.25, 0.3) is 0 Å². The van der Waals surface area contributed by atoms with Gasteiger partial charge in [0.05, 0.1) is 16.7 Å². The molecule has 34 heavy (non-hydrogen) atoms. The van der Waals surface area contributed by atoms with Gasteiger partial charge in [0, 0.05) is 18.6 Å². The zero-order valence-corrected chi connectivity index (χ0v) is 20.8. The van der Waals surface area contributed by atoms with Crippen LogP contribution in [0.1, 0.15) is 25.0 Å². The molecule has 0 bridgehead atoms. The zero-order valence-electron chi connectivity index (χ0n) is 19.3. The molecule has 0 spiro atoms. The standard InChI is InChI=1S/C28H28Cl2O4/c1-3-32-26(28(31)33-4-2)19-21-12-16-23(17-13-21)34-18-6-7-20-10-14-22(15-11-20)24-8-5-9-25(29)27(24)30/h5-17,26H,3-4,18-19H2,1-2H3/b7-6+/t26-/m0/s1. The van der Waals surface area contributed by atoms with Crippen molar-refractivity contribution in [3.8, 4) is 16.9 Å². The van der Waals surface area contributed by atoms with E-state index in [2.05, 4.69) is 0 Å². The first kappa shape index (κ1) is 25.8. The van der Waals surface area contributed by atoms with Crippen LogP contribution in [0.2, 0.25) is 10.0 Å². The van der Waals surface area contributed by atoms with Crippen molar-refractivity contribution < 1.29 is 19.0 Å². The number of carbonyl (C=O) groups is 1. The summed E-state index contributed by atoms with van der Waals surface area (Å²) in [5, 5.41) is 1.10. The van der Waals surface area contributed by atoms with Crippen molar-refractivity contribution in [1.82, 2.24) is 0 Å². The van der Waals surface area contributed by atoms with E-state index in [0.29, 0.717) is 36.3 Å². The van der Waals surface area contributed by atoms with E-state index in [1.165, 1.54) is 0 Å². The van der Waals surface area contributed by atoms with E-state index in [-0.39, 0.29) is 5.97 Å². The maximum absolute atomic E-state index is 12.0. The molecular formula is C28H28Cl2O4. The summed E-state index contributed by atoms with van der Waals surface area (Å²) in [5.74, 6) is 0.418. The van der Waals surface area contributed by atoms with E-state index in [1.54, 1.807) is 13.0 Å². The van der Waals surface area contributed by atoms with Crippen molar-refractivity contribution >= 4 is 35.2 Å². The molecule has 0 saturated carbocycles. The summed E-state index contributed by atoms with van der Waals surface area (Å²) >= 11 is 12.4. The number of hydrogen-bond acceptors (Lipinski definition) is 4. The van der Waals surface area contributed by atoms with Crippen LogP contribution >= 0.6 is 23.2 Å². The molecule has 0 aromatic heterocycles. The summed E-state index contributed by atoms with van der Waals surface area (Å²) in [4.78, 5) is 12.0. The summed E-state index contributed by atoms with van der Waals surface area (Å²) in [6, 6.07) is 21.3. The van der Waals surface area contributed by atoms with Crippen LogP contribution in [-0.4, -0.2) is 31.9 Å². The normalized spacial score (nSPS) is 12.0. The lowest BCUT2D eigenvalue weighted by Crippen LogP contribution is -2.28. The second-order valence-corrected chi connectivity index (χ2v) is 8.27. The second-order valence-electron chi connectivity index (χ2n) is 7.48. The Kier molecular flexibility index (Phi) is 10.0. The molecular weight excluding hydrogens is 471 g/mol. The molecule has 0 radical (unpaired) electrons. The van der Waals surface area contributed by atoms with Gasteiger partial charge in [-0.2, -0.15) is 0 Å². The lowest BCUT2D eigenvalue weighted by atomic mass is 10.0. The highest BCUT2D eigenvalue weighted by Gasteiger charge is 2.20. The smallest absolute Gasteiger partial charge is 0.335 e. The zero-order chi connectivity index (χ0) is 24.3. The molecule has 3 aromatic rings. The molecule has 0 fully saturated rings. The molecule has 3 aromatic carbocycles. The first-order valence-electron chi connectivity index (χ1n) is 11.2. The number of rotatable bonds is 11. The number of benzene rings is 3. The molecule has 0 unspecified atom stereocenters. The van der Waals surface area contributed by atoms with Crippen molar-refractivity contribution in [3.63, 3.8) is 0 Å². The Morgan fingerprint density at radius 2 is 1.68 bits per heavy atom. The van der Waals surface area contributed by atoms with Crippen molar-refractivity contribution in [2.24, 2.45) is 0 Å². The van der Waals surface area contributed by atoms with Gasteiger partial charge in [0.1, 0.15) is 12.4 Å². The van der Waals surface area contributed by atoms with Crippen LogP contribution in [0.15, 0.2) is 72.8 Å². The highest BCUT2D eigenvalue weighted by Crippen LogP contribution is 2.33. The number of ether oxygens (including phenoxy) is 3. The van der Waals surface area contributed by atoms with Gasteiger partial charge in [-0.05, 0) is 54.8 Å². The van der Waals surface area contributed by atoms with Gasteiger partial charge in [0.15, 0.2) is 6.10 Å². The van der Waals surface area contributed by atoms with E-state index in [4.69, 9.17) is 37.4 Å². The average Bonchev–Trinajstić information content (AvgIpc) is 2.85. The highest BCUT2D eigenvalue weighted by molar-refractivity contribution is 6.43. The van der Waals surface area contributed by atoms with Crippen molar-refractivity contribution in [2.75, 3.05) is 19.8 Å². The molecule has 6 heteroatoms. The van der Waals surface area contributed by atoms with Gasteiger partial charge >= 0.3 is 5.97 Å². The molecule has 0 heterocycles. The molecule has 178 valence electrons.